The number of anilines is 1. The molecule has 25 heavy (non-hydrogen) atoms. The van der Waals surface area contributed by atoms with Crippen molar-refractivity contribution in [2.75, 3.05) is 38.1 Å². The molecule has 2 saturated heterocycles. The molecule has 2 aliphatic heterocycles. The number of piperazine rings is 1. The first kappa shape index (κ1) is 18.3. The van der Waals surface area contributed by atoms with Crippen molar-refractivity contribution in [3.05, 3.63) is 27.7 Å². The number of urea groups is 1. The van der Waals surface area contributed by atoms with Gasteiger partial charge >= 0.3 is 6.03 Å². The highest BCUT2D eigenvalue weighted by atomic mass is 35.5. The number of nitrogens with one attached hydrogen (secondary N) is 1. The van der Waals surface area contributed by atoms with E-state index in [1.165, 1.54) is 0 Å². The van der Waals surface area contributed by atoms with Crippen LogP contribution in [0.2, 0.25) is 10.0 Å². The predicted octanol–water partition coefficient (Wildman–Crippen LogP) is 3.16. The van der Waals surface area contributed by atoms with Crippen molar-refractivity contribution in [1.29, 1.82) is 0 Å². The van der Waals surface area contributed by atoms with Gasteiger partial charge in [0.25, 0.3) is 5.91 Å². The van der Waals surface area contributed by atoms with Crippen LogP contribution in [0.3, 0.4) is 0 Å². The number of halogens is 2. The first-order valence-corrected chi connectivity index (χ1v) is 9.13. The quantitative estimate of drug-likeness (QED) is 0.850. The highest BCUT2D eigenvalue weighted by Crippen LogP contribution is 2.28. The lowest BCUT2D eigenvalue weighted by atomic mass is 10.2. The first-order valence-electron chi connectivity index (χ1n) is 8.37. The predicted molar refractivity (Wildman–Crippen MR) is 97.3 cm³/mol. The summed E-state index contributed by atoms with van der Waals surface area (Å²) in [5.41, 5.74) is 1.34. The fourth-order valence-electron chi connectivity index (χ4n) is 3.03. The summed E-state index contributed by atoms with van der Waals surface area (Å²) in [6.07, 6.45) is 1.41. The number of ether oxygens (including phenoxy) is 1. The van der Waals surface area contributed by atoms with Crippen molar-refractivity contribution >= 4 is 40.8 Å². The molecule has 1 N–H and O–H groups in total. The number of carbonyl (C=O) groups is 2. The zero-order valence-electron chi connectivity index (χ0n) is 14.1. The number of nitrogens with zero attached hydrogens (tertiary/aromatic N) is 2. The lowest BCUT2D eigenvalue weighted by molar-refractivity contribution is -0.142. The zero-order chi connectivity index (χ0) is 18.0. The average molecular weight is 386 g/mol. The number of carbonyl (C=O) groups excluding carboxylic acids is 2. The maximum atomic E-state index is 12.4. The number of hydrogen-bond acceptors (Lipinski definition) is 3. The smallest absolute Gasteiger partial charge is 0.321 e. The highest BCUT2D eigenvalue weighted by Gasteiger charge is 2.31. The molecule has 6 nitrogen and oxygen atoms in total. The van der Waals surface area contributed by atoms with Gasteiger partial charge in [-0.2, -0.15) is 0 Å². The summed E-state index contributed by atoms with van der Waals surface area (Å²) in [7, 11) is 0. The van der Waals surface area contributed by atoms with Gasteiger partial charge in [0, 0.05) is 48.5 Å². The van der Waals surface area contributed by atoms with E-state index < -0.39 is 0 Å². The Kier molecular flexibility index (Phi) is 5.71. The molecule has 1 aromatic carbocycles. The summed E-state index contributed by atoms with van der Waals surface area (Å²) >= 11 is 12.2. The number of benzene rings is 1. The lowest BCUT2D eigenvalue weighted by Gasteiger charge is -2.35. The molecule has 0 bridgehead atoms. The Morgan fingerprint density at radius 1 is 1.12 bits per heavy atom. The van der Waals surface area contributed by atoms with Gasteiger partial charge in [0.15, 0.2) is 0 Å². The average Bonchev–Trinajstić information content (AvgIpc) is 3.13. The van der Waals surface area contributed by atoms with Crippen molar-refractivity contribution in [2.24, 2.45) is 0 Å². The third-order valence-corrected chi connectivity index (χ3v) is 5.40. The maximum absolute atomic E-state index is 12.4. The van der Waals surface area contributed by atoms with Crippen LogP contribution < -0.4 is 5.32 Å². The van der Waals surface area contributed by atoms with Gasteiger partial charge in [-0.25, -0.2) is 4.79 Å². The molecule has 1 unspecified atom stereocenters. The van der Waals surface area contributed by atoms with Gasteiger partial charge in [0.1, 0.15) is 6.10 Å². The summed E-state index contributed by atoms with van der Waals surface area (Å²) in [6.45, 7) is 4.47. The van der Waals surface area contributed by atoms with E-state index >= 15 is 0 Å². The van der Waals surface area contributed by atoms with E-state index in [0.29, 0.717) is 48.5 Å². The molecule has 3 amide bonds. The molecular formula is C17H21Cl2N3O3. The van der Waals surface area contributed by atoms with Crippen molar-refractivity contribution in [1.82, 2.24) is 9.80 Å². The molecule has 3 rings (SSSR count). The van der Waals surface area contributed by atoms with Crippen LogP contribution in [0.25, 0.3) is 0 Å². The van der Waals surface area contributed by atoms with Gasteiger partial charge in [-0.1, -0.05) is 23.2 Å². The first-order chi connectivity index (χ1) is 12.0. The van der Waals surface area contributed by atoms with Crippen LogP contribution in [0, 0.1) is 6.92 Å². The molecule has 2 aliphatic rings. The van der Waals surface area contributed by atoms with E-state index in [2.05, 4.69) is 5.32 Å². The Morgan fingerprint density at radius 2 is 1.72 bits per heavy atom. The molecule has 0 aliphatic carbocycles. The molecule has 1 aromatic rings. The fourth-order valence-corrected chi connectivity index (χ4v) is 3.51. The minimum Gasteiger partial charge on any atom is -0.368 e. The molecule has 136 valence electrons. The second-order valence-corrected chi connectivity index (χ2v) is 7.12. The largest absolute Gasteiger partial charge is 0.368 e. The minimum absolute atomic E-state index is 0.0367. The number of hydrogen-bond donors (Lipinski definition) is 1. The molecule has 0 spiro atoms. The monoisotopic (exact) mass is 385 g/mol. The third-order valence-electron chi connectivity index (χ3n) is 4.62. The van der Waals surface area contributed by atoms with Crippen LogP contribution in [-0.4, -0.2) is 60.6 Å². The Hall–Kier alpha value is -1.50. The van der Waals surface area contributed by atoms with E-state index in [4.69, 9.17) is 27.9 Å². The van der Waals surface area contributed by atoms with Crippen molar-refractivity contribution in [3.63, 3.8) is 0 Å². The van der Waals surface area contributed by atoms with Crippen molar-refractivity contribution in [2.45, 2.75) is 25.9 Å². The van der Waals surface area contributed by atoms with Crippen LogP contribution in [0.15, 0.2) is 12.1 Å². The standard InChI is InChI=1S/C17H21Cl2N3O3/c1-11-13(18)9-12(10-14(11)19)20-17(24)22-6-4-21(5-7-22)16(23)15-3-2-8-25-15/h9-10,15H,2-8H2,1H3,(H,20,24). The minimum atomic E-state index is -0.308. The van der Waals surface area contributed by atoms with E-state index in [1.54, 1.807) is 21.9 Å². The van der Waals surface area contributed by atoms with Crippen LogP contribution in [-0.2, 0) is 9.53 Å². The maximum Gasteiger partial charge on any atom is 0.321 e. The van der Waals surface area contributed by atoms with Crippen LogP contribution in [0.5, 0.6) is 0 Å². The second kappa shape index (κ2) is 7.81. The zero-order valence-corrected chi connectivity index (χ0v) is 15.6. The summed E-state index contributed by atoms with van der Waals surface area (Å²) in [6, 6.07) is 3.13. The van der Waals surface area contributed by atoms with Crippen molar-refractivity contribution < 1.29 is 14.3 Å². The molecule has 8 heteroatoms. The van der Waals surface area contributed by atoms with Crippen LogP contribution in [0.4, 0.5) is 10.5 Å². The van der Waals surface area contributed by atoms with E-state index in [0.717, 1.165) is 18.4 Å². The summed E-state index contributed by atoms with van der Waals surface area (Å²) < 4.78 is 5.44. The van der Waals surface area contributed by atoms with Gasteiger partial charge in [-0.3, -0.25) is 4.79 Å². The van der Waals surface area contributed by atoms with E-state index in [-0.39, 0.29) is 18.0 Å². The molecule has 2 fully saturated rings. The SMILES string of the molecule is Cc1c(Cl)cc(NC(=O)N2CCN(C(=O)C3CCCO3)CC2)cc1Cl. The van der Waals surface area contributed by atoms with Gasteiger partial charge in [0.2, 0.25) is 0 Å². The Bertz CT molecular complexity index is 646. The van der Waals surface area contributed by atoms with Gasteiger partial charge in [0.05, 0.1) is 0 Å². The highest BCUT2D eigenvalue weighted by molar-refractivity contribution is 6.36. The van der Waals surface area contributed by atoms with Gasteiger partial charge in [-0.15, -0.1) is 0 Å². The third kappa shape index (κ3) is 4.19. The lowest BCUT2D eigenvalue weighted by Crippen LogP contribution is -2.53. The van der Waals surface area contributed by atoms with Crippen LogP contribution in [0.1, 0.15) is 18.4 Å². The number of amides is 3. The molecule has 0 aromatic heterocycles. The molecule has 0 saturated carbocycles. The van der Waals surface area contributed by atoms with Crippen molar-refractivity contribution in [3.8, 4) is 0 Å². The Balaban J connectivity index is 1.54. The summed E-state index contributed by atoms with van der Waals surface area (Å²) in [5, 5.41) is 3.83. The number of rotatable bonds is 2. The van der Waals surface area contributed by atoms with E-state index in [1.807, 2.05) is 6.92 Å². The Morgan fingerprint density at radius 3 is 2.28 bits per heavy atom. The van der Waals surface area contributed by atoms with Gasteiger partial charge < -0.3 is 19.9 Å². The topological polar surface area (TPSA) is 61.9 Å². The van der Waals surface area contributed by atoms with E-state index in [9.17, 15) is 9.59 Å². The summed E-state index contributed by atoms with van der Waals surface area (Å²) in [5.74, 6) is 0.0367. The van der Waals surface area contributed by atoms with Gasteiger partial charge in [-0.05, 0) is 37.5 Å². The molecular weight excluding hydrogens is 365 g/mol. The molecule has 0 radical (unpaired) electrons. The molecule has 2 heterocycles. The normalized spacial score (nSPS) is 20.7. The molecule has 1 atom stereocenters. The Labute approximate surface area is 157 Å². The summed E-state index contributed by atoms with van der Waals surface area (Å²) in [4.78, 5) is 28.2. The fraction of sp³-hybridized carbons (Fsp3) is 0.529. The van der Waals surface area contributed by atoms with Crippen LogP contribution >= 0.6 is 23.2 Å². The second-order valence-electron chi connectivity index (χ2n) is 6.31.